The Morgan fingerprint density at radius 2 is 2.25 bits per heavy atom. The minimum atomic E-state index is -0.0348. The minimum absolute atomic E-state index is 0.0348. The van der Waals surface area contributed by atoms with Crippen LogP contribution in [0.2, 0.25) is 0 Å². The van der Waals surface area contributed by atoms with Crippen LogP contribution in [0.5, 0.6) is 0 Å². The number of carbonyl (C=O) groups excluding carboxylic acids is 1. The Morgan fingerprint density at radius 3 is 2.88 bits per heavy atom. The lowest BCUT2D eigenvalue weighted by Crippen LogP contribution is -2.36. The van der Waals surface area contributed by atoms with Gasteiger partial charge in [0.05, 0.1) is 11.7 Å². The van der Waals surface area contributed by atoms with Gasteiger partial charge in [-0.1, -0.05) is 12.1 Å². The quantitative estimate of drug-likeness (QED) is 0.901. The van der Waals surface area contributed by atoms with Gasteiger partial charge < -0.3 is 10.2 Å². The predicted octanol–water partition coefficient (Wildman–Crippen LogP) is 2.08. The Hall–Kier alpha value is -0.870. The number of hydrogen-bond acceptors (Lipinski definition) is 2. The molecule has 1 aromatic rings. The van der Waals surface area contributed by atoms with Crippen LogP contribution in [0.4, 0.5) is 5.69 Å². The van der Waals surface area contributed by atoms with Crippen molar-refractivity contribution in [3.05, 3.63) is 28.2 Å². The highest BCUT2D eigenvalue weighted by atomic mass is 79.9. The third-order valence-corrected chi connectivity index (χ3v) is 4.05. The van der Waals surface area contributed by atoms with Gasteiger partial charge in [-0.3, -0.25) is 4.79 Å². The lowest BCUT2D eigenvalue weighted by atomic mass is 10.2. The number of anilines is 1. The molecule has 1 aliphatic heterocycles. The second-order valence-corrected chi connectivity index (χ2v) is 4.82. The number of aryl methyl sites for hydroxylation is 1. The Labute approximate surface area is 104 Å². The molecule has 0 saturated carbocycles. The van der Waals surface area contributed by atoms with Gasteiger partial charge in [0.15, 0.2) is 0 Å². The highest BCUT2D eigenvalue weighted by Crippen LogP contribution is 2.31. The summed E-state index contributed by atoms with van der Waals surface area (Å²) in [5, 5.41) is 3.04. The first-order valence-electron chi connectivity index (χ1n) is 5.39. The molecular weight excluding hydrogens is 268 g/mol. The van der Waals surface area contributed by atoms with Gasteiger partial charge in [-0.05, 0) is 48.0 Å². The average molecular weight is 283 g/mol. The maximum Gasteiger partial charge on any atom is 0.244 e. The lowest BCUT2D eigenvalue weighted by Gasteiger charge is -2.19. The van der Waals surface area contributed by atoms with Crippen LogP contribution < -0.4 is 10.2 Å². The molecule has 3 nitrogen and oxygen atoms in total. The molecule has 16 heavy (non-hydrogen) atoms. The molecule has 0 aromatic heterocycles. The summed E-state index contributed by atoms with van der Waals surface area (Å²) >= 11 is 3.55. The Balaban J connectivity index is 2.32. The van der Waals surface area contributed by atoms with Crippen molar-refractivity contribution in [1.82, 2.24) is 5.32 Å². The van der Waals surface area contributed by atoms with Crippen molar-refractivity contribution in [1.29, 1.82) is 0 Å². The molecule has 0 spiro atoms. The zero-order valence-electron chi connectivity index (χ0n) is 9.46. The maximum atomic E-state index is 12.0. The van der Waals surface area contributed by atoms with Crippen LogP contribution in [0.3, 0.4) is 0 Å². The molecular formula is C12H15BrN2O. The largest absolute Gasteiger partial charge is 0.310 e. The second kappa shape index (κ2) is 4.55. The van der Waals surface area contributed by atoms with Gasteiger partial charge in [0.25, 0.3) is 0 Å². The van der Waals surface area contributed by atoms with Crippen LogP contribution in [0.25, 0.3) is 0 Å². The molecule has 1 fully saturated rings. The van der Waals surface area contributed by atoms with E-state index >= 15 is 0 Å². The summed E-state index contributed by atoms with van der Waals surface area (Å²) in [5.41, 5.74) is 2.13. The van der Waals surface area contributed by atoms with Gasteiger partial charge in [0.2, 0.25) is 5.91 Å². The molecule has 0 radical (unpaired) electrons. The van der Waals surface area contributed by atoms with E-state index in [9.17, 15) is 4.79 Å². The van der Waals surface area contributed by atoms with E-state index in [1.807, 2.05) is 37.1 Å². The van der Waals surface area contributed by atoms with E-state index in [-0.39, 0.29) is 11.9 Å². The fourth-order valence-electron chi connectivity index (χ4n) is 2.03. The molecule has 1 heterocycles. The first kappa shape index (κ1) is 11.6. The fourth-order valence-corrected chi connectivity index (χ4v) is 2.51. The van der Waals surface area contributed by atoms with E-state index < -0.39 is 0 Å². The molecule has 1 saturated heterocycles. The zero-order valence-corrected chi connectivity index (χ0v) is 11.0. The number of nitrogens with one attached hydrogen (secondary N) is 1. The van der Waals surface area contributed by atoms with E-state index in [1.165, 1.54) is 0 Å². The van der Waals surface area contributed by atoms with Crippen LogP contribution in [-0.2, 0) is 4.79 Å². The molecule has 1 aliphatic rings. The van der Waals surface area contributed by atoms with Gasteiger partial charge >= 0.3 is 0 Å². The van der Waals surface area contributed by atoms with Gasteiger partial charge in [0, 0.05) is 11.0 Å². The fraction of sp³-hybridized carbons (Fsp3) is 0.417. The highest BCUT2D eigenvalue weighted by Gasteiger charge is 2.32. The second-order valence-electron chi connectivity index (χ2n) is 4.03. The molecule has 1 aromatic carbocycles. The zero-order chi connectivity index (χ0) is 11.7. The summed E-state index contributed by atoms with van der Waals surface area (Å²) in [6.45, 7) is 2.82. The van der Waals surface area contributed by atoms with E-state index in [0.29, 0.717) is 0 Å². The third-order valence-electron chi connectivity index (χ3n) is 3.02. The van der Waals surface area contributed by atoms with Crippen molar-refractivity contribution in [2.24, 2.45) is 0 Å². The standard InChI is InChI=1S/C12H15BrN2O/c1-8-4-3-5-10(11(8)13)15-7-6-9(14-2)12(15)16/h3-5,9,14H,6-7H2,1-2H3. The molecule has 1 atom stereocenters. The number of hydrogen-bond donors (Lipinski definition) is 1. The van der Waals surface area contributed by atoms with Gasteiger partial charge in [-0.15, -0.1) is 0 Å². The summed E-state index contributed by atoms with van der Waals surface area (Å²) in [7, 11) is 1.83. The third kappa shape index (κ3) is 1.87. The summed E-state index contributed by atoms with van der Waals surface area (Å²) in [4.78, 5) is 13.9. The van der Waals surface area contributed by atoms with E-state index in [2.05, 4.69) is 21.2 Å². The lowest BCUT2D eigenvalue weighted by molar-refractivity contribution is -0.118. The maximum absolute atomic E-state index is 12.0. The molecule has 0 aliphatic carbocycles. The van der Waals surface area contributed by atoms with Crippen LogP contribution in [-0.4, -0.2) is 25.5 Å². The predicted molar refractivity (Wildman–Crippen MR) is 68.7 cm³/mol. The number of rotatable bonds is 2. The molecule has 1 N–H and O–H groups in total. The number of carbonyl (C=O) groups is 1. The van der Waals surface area contributed by atoms with Crippen molar-refractivity contribution in [3.8, 4) is 0 Å². The summed E-state index contributed by atoms with van der Waals surface area (Å²) in [6, 6.07) is 5.96. The van der Waals surface area contributed by atoms with Gasteiger partial charge in [0.1, 0.15) is 0 Å². The van der Waals surface area contributed by atoms with Crippen molar-refractivity contribution in [2.45, 2.75) is 19.4 Å². The Morgan fingerprint density at radius 1 is 1.50 bits per heavy atom. The van der Waals surface area contributed by atoms with Crippen LogP contribution in [0, 0.1) is 6.92 Å². The Bertz CT molecular complexity index is 419. The van der Waals surface area contributed by atoms with E-state index in [0.717, 1.165) is 28.7 Å². The average Bonchev–Trinajstić information content (AvgIpc) is 2.64. The van der Waals surface area contributed by atoms with Crippen molar-refractivity contribution in [2.75, 3.05) is 18.5 Å². The number of likely N-dealkylation sites (N-methyl/N-ethyl adjacent to an activating group) is 1. The molecule has 2 rings (SSSR count). The molecule has 86 valence electrons. The molecule has 0 bridgehead atoms. The first-order chi connectivity index (χ1) is 7.65. The number of amides is 1. The van der Waals surface area contributed by atoms with E-state index in [1.54, 1.807) is 0 Å². The smallest absolute Gasteiger partial charge is 0.244 e. The topological polar surface area (TPSA) is 32.3 Å². The summed E-state index contributed by atoms with van der Waals surface area (Å²) in [5.74, 6) is 0.161. The normalized spacial score (nSPS) is 20.6. The van der Waals surface area contributed by atoms with Gasteiger partial charge in [-0.2, -0.15) is 0 Å². The van der Waals surface area contributed by atoms with Gasteiger partial charge in [-0.25, -0.2) is 0 Å². The molecule has 1 unspecified atom stereocenters. The first-order valence-corrected chi connectivity index (χ1v) is 6.18. The SMILES string of the molecule is CNC1CCN(c2cccc(C)c2Br)C1=O. The number of benzene rings is 1. The van der Waals surface area contributed by atoms with Crippen LogP contribution in [0.15, 0.2) is 22.7 Å². The van der Waals surface area contributed by atoms with Crippen molar-refractivity contribution < 1.29 is 4.79 Å². The number of nitrogens with zero attached hydrogens (tertiary/aromatic N) is 1. The monoisotopic (exact) mass is 282 g/mol. The van der Waals surface area contributed by atoms with Crippen LogP contribution in [0.1, 0.15) is 12.0 Å². The molecule has 1 amide bonds. The molecule has 4 heteroatoms. The van der Waals surface area contributed by atoms with Crippen molar-refractivity contribution in [3.63, 3.8) is 0 Å². The van der Waals surface area contributed by atoms with E-state index in [4.69, 9.17) is 0 Å². The number of halogens is 1. The highest BCUT2D eigenvalue weighted by molar-refractivity contribution is 9.10. The summed E-state index contributed by atoms with van der Waals surface area (Å²) in [6.07, 6.45) is 0.871. The minimum Gasteiger partial charge on any atom is -0.310 e. The Kier molecular flexibility index (Phi) is 3.30. The summed E-state index contributed by atoms with van der Waals surface area (Å²) < 4.78 is 1.01. The van der Waals surface area contributed by atoms with Crippen molar-refractivity contribution >= 4 is 27.5 Å². The van der Waals surface area contributed by atoms with Crippen LogP contribution >= 0.6 is 15.9 Å².